The maximum atomic E-state index is 12.1. The molecule has 0 fully saturated rings. The van der Waals surface area contributed by atoms with Gasteiger partial charge in [-0.1, -0.05) is 18.2 Å². The minimum absolute atomic E-state index is 0.448. The van der Waals surface area contributed by atoms with E-state index in [0.29, 0.717) is 11.5 Å². The molecular weight excluding hydrogens is 246 g/mol. The van der Waals surface area contributed by atoms with E-state index in [9.17, 15) is 4.21 Å². The average Bonchev–Trinajstić information content (AvgIpc) is 2.70. The van der Waals surface area contributed by atoms with Crippen LogP contribution < -0.4 is 0 Å². The molecule has 0 saturated carbocycles. The average molecular weight is 263 g/mol. The summed E-state index contributed by atoms with van der Waals surface area (Å²) >= 11 is 0. The zero-order chi connectivity index (χ0) is 13.1. The van der Waals surface area contributed by atoms with Gasteiger partial charge in [-0.05, 0) is 30.5 Å². The smallest absolute Gasteiger partial charge is 0.145 e. The van der Waals surface area contributed by atoms with Crippen LogP contribution in [0.1, 0.15) is 22.5 Å². The zero-order valence-electron chi connectivity index (χ0n) is 10.9. The SMILES string of the molecule is Cc1ccc(C[S@@](=O)Cc2nncn2C)cc1C. The summed E-state index contributed by atoms with van der Waals surface area (Å²) in [5.41, 5.74) is 3.61. The lowest BCUT2D eigenvalue weighted by Gasteiger charge is -2.05. The first-order valence-corrected chi connectivity index (χ1v) is 7.29. The number of nitrogens with zero attached hydrogens (tertiary/aromatic N) is 3. The highest BCUT2D eigenvalue weighted by Crippen LogP contribution is 2.12. The van der Waals surface area contributed by atoms with Gasteiger partial charge in [-0.3, -0.25) is 4.21 Å². The van der Waals surface area contributed by atoms with Crippen LogP contribution in [-0.4, -0.2) is 19.0 Å². The van der Waals surface area contributed by atoms with E-state index in [0.717, 1.165) is 11.4 Å². The van der Waals surface area contributed by atoms with Crippen LogP contribution in [0, 0.1) is 13.8 Å². The largest absolute Gasteiger partial charge is 0.320 e. The summed E-state index contributed by atoms with van der Waals surface area (Å²) in [6.07, 6.45) is 1.63. The second kappa shape index (κ2) is 5.44. The topological polar surface area (TPSA) is 47.8 Å². The van der Waals surface area contributed by atoms with Gasteiger partial charge in [0.05, 0.1) is 5.75 Å². The van der Waals surface area contributed by atoms with E-state index in [1.807, 2.05) is 13.1 Å². The summed E-state index contributed by atoms with van der Waals surface area (Å²) < 4.78 is 13.9. The highest BCUT2D eigenvalue weighted by molar-refractivity contribution is 7.83. The number of hydrogen-bond donors (Lipinski definition) is 0. The first-order chi connectivity index (χ1) is 8.56. The van der Waals surface area contributed by atoms with E-state index in [1.165, 1.54) is 11.1 Å². The number of rotatable bonds is 4. The molecule has 0 spiro atoms. The van der Waals surface area contributed by atoms with Crippen molar-refractivity contribution in [3.8, 4) is 0 Å². The molecule has 0 amide bonds. The predicted molar refractivity (Wildman–Crippen MR) is 72.5 cm³/mol. The lowest BCUT2D eigenvalue weighted by molar-refractivity contribution is 0.679. The Morgan fingerprint density at radius 3 is 2.61 bits per heavy atom. The fourth-order valence-corrected chi connectivity index (χ4v) is 2.91. The Bertz CT molecular complexity index is 577. The highest BCUT2D eigenvalue weighted by atomic mass is 32.2. The van der Waals surface area contributed by atoms with Crippen LogP contribution in [0.2, 0.25) is 0 Å². The van der Waals surface area contributed by atoms with Crippen molar-refractivity contribution in [3.05, 3.63) is 47.0 Å². The van der Waals surface area contributed by atoms with Gasteiger partial charge >= 0.3 is 0 Å². The predicted octanol–water partition coefficient (Wildman–Crippen LogP) is 1.88. The zero-order valence-corrected chi connectivity index (χ0v) is 11.7. The molecule has 0 unspecified atom stereocenters. The first kappa shape index (κ1) is 13.0. The molecule has 0 aliphatic heterocycles. The molecule has 0 aliphatic carbocycles. The van der Waals surface area contributed by atoms with Crippen molar-refractivity contribution < 1.29 is 4.21 Å². The lowest BCUT2D eigenvalue weighted by Crippen LogP contribution is -2.05. The van der Waals surface area contributed by atoms with E-state index in [2.05, 4.69) is 36.2 Å². The fourth-order valence-electron chi connectivity index (χ4n) is 1.71. The van der Waals surface area contributed by atoms with Gasteiger partial charge in [0.15, 0.2) is 0 Å². The summed E-state index contributed by atoms with van der Waals surface area (Å²) in [6.45, 7) is 4.15. The molecule has 18 heavy (non-hydrogen) atoms. The van der Waals surface area contributed by atoms with Crippen LogP contribution in [0.25, 0.3) is 0 Å². The van der Waals surface area contributed by atoms with Crippen LogP contribution in [0.15, 0.2) is 24.5 Å². The number of aryl methyl sites for hydroxylation is 3. The number of benzene rings is 1. The van der Waals surface area contributed by atoms with Gasteiger partial charge in [0.2, 0.25) is 0 Å². The molecule has 2 rings (SSSR count). The monoisotopic (exact) mass is 263 g/mol. The molecule has 2 aromatic rings. The van der Waals surface area contributed by atoms with Crippen molar-refractivity contribution in [1.82, 2.24) is 14.8 Å². The van der Waals surface area contributed by atoms with Gasteiger partial charge < -0.3 is 4.57 Å². The third-order valence-electron chi connectivity index (χ3n) is 2.99. The first-order valence-electron chi connectivity index (χ1n) is 5.80. The van der Waals surface area contributed by atoms with E-state index < -0.39 is 10.8 Å². The molecule has 1 heterocycles. The van der Waals surface area contributed by atoms with Gasteiger partial charge in [0.25, 0.3) is 0 Å². The van der Waals surface area contributed by atoms with Gasteiger partial charge in [0.1, 0.15) is 12.2 Å². The van der Waals surface area contributed by atoms with Gasteiger partial charge in [-0.25, -0.2) is 0 Å². The molecular formula is C13H17N3OS. The summed E-state index contributed by atoms with van der Waals surface area (Å²) in [5, 5.41) is 7.73. The van der Waals surface area contributed by atoms with Gasteiger partial charge in [-0.2, -0.15) is 0 Å². The van der Waals surface area contributed by atoms with Crippen molar-refractivity contribution in [2.45, 2.75) is 25.4 Å². The summed E-state index contributed by atoms with van der Waals surface area (Å²) in [6, 6.07) is 6.21. The van der Waals surface area contributed by atoms with Crippen LogP contribution in [-0.2, 0) is 29.4 Å². The fraction of sp³-hybridized carbons (Fsp3) is 0.385. The normalized spacial score (nSPS) is 12.6. The summed E-state index contributed by atoms with van der Waals surface area (Å²) in [7, 11) is 0.915. The molecule has 0 N–H and O–H groups in total. The van der Waals surface area contributed by atoms with E-state index >= 15 is 0 Å². The third kappa shape index (κ3) is 3.04. The minimum Gasteiger partial charge on any atom is -0.320 e. The lowest BCUT2D eigenvalue weighted by atomic mass is 10.1. The molecule has 0 bridgehead atoms. The third-order valence-corrected chi connectivity index (χ3v) is 4.23. The molecule has 4 nitrogen and oxygen atoms in total. The van der Waals surface area contributed by atoms with Crippen LogP contribution >= 0.6 is 0 Å². The van der Waals surface area contributed by atoms with Crippen molar-refractivity contribution in [3.63, 3.8) is 0 Å². The molecule has 1 aromatic heterocycles. The second-order valence-electron chi connectivity index (χ2n) is 4.51. The molecule has 5 heteroatoms. The van der Waals surface area contributed by atoms with Crippen molar-refractivity contribution in [1.29, 1.82) is 0 Å². The van der Waals surface area contributed by atoms with Crippen LogP contribution in [0.5, 0.6) is 0 Å². The van der Waals surface area contributed by atoms with E-state index in [-0.39, 0.29) is 0 Å². The molecule has 0 aliphatic rings. The maximum absolute atomic E-state index is 12.1. The highest BCUT2D eigenvalue weighted by Gasteiger charge is 2.08. The van der Waals surface area contributed by atoms with Crippen molar-refractivity contribution in [2.24, 2.45) is 7.05 Å². The van der Waals surface area contributed by atoms with Crippen LogP contribution in [0.4, 0.5) is 0 Å². The number of hydrogen-bond acceptors (Lipinski definition) is 3. The van der Waals surface area contributed by atoms with Gasteiger partial charge in [0, 0.05) is 23.6 Å². The Morgan fingerprint density at radius 2 is 2.00 bits per heavy atom. The van der Waals surface area contributed by atoms with Crippen molar-refractivity contribution in [2.75, 3.05) is 0 Å². The van der Waals surface area contributed by atoms with E-state index in [4.69, 9.17) is 0 Å². The van der Waals surface area contributed by atoms with Crippen LogP contribution in [0.3, 0.4) is 0 Å². The molecule has 96 valence electrons. The molecule has 0 radical (unpaired) electrons. The Kier molecular flexibility index (Phi) is 3.91. The maximum Gasteiger partial charge on any atom is 0.145 e. The second-order valence-corrected chi connectivity index (χ2v) is 5.96. The Hall–Kier alpha value is -1.49. The quantitative estimate of drug-likeness (QED) is 0.846. The van der Waals surface area contributed by atoms with E-state index in [1.54, 1.807) is 10.9 Å². The van der Waals surface area contributed by atoms with Crippen molar-refractivity contribution >= 4 is 10.8 Å². The standard InChI is InChI=1S/C13H17N3OS/c1-10-4-5-12(6-11(10)2)7-18(17)8-13-15-14-9-16(13)3/h4-6,9H,7-8H2,1-3H3/t18-/m1/s1. The Balaban J connectivity index is 2.03. The Morgan fingerprint density at radius 1 is 1.22 bits per heavy atom. The molecule has 1 atom stereocenters. The summed E-state index contributed by atoms with van der Waals surface area (Å²) in [5.74, 6) is 1.77. The Labute approximate surface area is 110 Å². The summed E-state index contributed by atoms with van der Waals surface area (Å²) in [4.78, 5) is 0. The minimum atomic E-state index is -0.949. The molecule has 1 aromatic carbocycles. The van der Waals surface area contributed by atoms with Gasteiger partial charge in [-0.15, -0.1) is 10.2 Å². The molecule has 0 saturated heterocycles. The number of aromatic nitrogens is 3.